The van der Waals surface area contributed by atoms with Gasteiger partial charge in [0.1, 0.15) is 0 Å². The van der Waals surface area contributed by atoms with Gasteiger partial charge >= 0.3 is 0 Å². The molecule has 0 aromatic carbocycles. The molecule has 0 aliphatic carbocycles. The molecule has 0 atom stereocenters. The van der Waals surface area contributed by atoms with Crippen LogP contribution in [-0.4, -0.2) is 24.5 Å². The Hall–Kier alpha value is -1.62. The van der Waals surface area contributed by atoms with Crippen LogP contribution in [0.4, 0.5) is 0 Å². The predicted octanol–water partition coefficient (Wildman–Crippen LogP) is 0.0552. The van der Waals surface area contributed by atoms with Crippen LogP contribution in [0.2, 0.25) is 0 Å². The molecule has 0 bridgehead atoms. The maximum atomic E-state index is 10.5. The number of nitrogens with one attached hydrogen (secondary N) is 1. The number of carbonyl (C=O) groups is 1. The number of ether oxygens (including phenoxy) is 1. The highest BCUT2D eigenvalue weighted by atomic mass is 16.5. The molecule has 0 unspecified atom stereocenters. The van der Waals surface area contributed by atoms with Crippen molar-refractivity contribution in [1.82, 2.24) is 10.3 Å². The molecule has 0 spiro atoms. The van der Waals surface area contributed by atoms with E-state index in [1.54, 1.807) is 13.3 Å². The molecule has 15 heavy (non-hydrogen) atoms. The molecule has 0 aliphatic heterocycles. The summed E-state index contributed by atoms with van der Waals surface area (Å²) in [6.07, 6.45) is 2.03. The van der Waals surface area contributed by atoms with Crippen molar-refractivity contribution in [3.8, 4) is 5.88 Å². The van der Waals surface area contributed by atoms with Crippen molar-refractivity contribution >= 4 is 5.91 Å². The first kappa shape index (κ1) is 11.5. The first-order valence-electron chi connectivity index (χ1n) is 4.70. The number of methoxy groups -OCH3 is 1. The summed E-state index contributed by atoms with van der Waals surface area (Å²) in [6.45, 7) is 1.26. The van der Waals surface area contributed by atoms with Crippen LogP contribution >= 0.6 is 0 Å². The van der Waals surface area contributed by atoms with Crippen molar-refractivity contribution in [2.75, 3.05) is 13.7 Å². The number of primary amides is 1. The molecule has 0 radical (unpaired) electrons. The van der Waals surface area contributed by atoms with Crippen molar-refractivity contribution in [2.45, 2.75) is 13.0 Å². The molecular weight excluding hydrogens is 194 g/mol. The van der Waals surface area contributed by atoms with E-state index in [1.165, 1.54) is 0 Å². The van der Waals surface area contributed by atoms with Crippen LogP contribution in [0.3, 0.4) is 0 Å². The summed E-state index contributed by atoms with van der Waals surface area (Å²) in [5.41, 5.74) is 6.07. The van der Waals surface area contributed by atoms with E-state index in [2.05, 4.69) is 10.3 Å². The normalized spacial score (nSPS) is 9.93. The minimum atomic E-state index is -0.296. The van der Waals surface area contributed by atoms with Gasteiger partial charge in [-0.25, -0.2) is 4.98 Å². The van der Waals surface area contributed by atoms with Gasteiger partial charge in [0.2, 0.25) is 11.8 Å². The first-order valence-corrected chi connectivity index (χ1v) is 4.70. The molecule has 0 aliphatic rings. The molecule has 0 saturated heterocycles. The van der Waals surface area contributed by atoms with E-state index in [9.17, 15) is 4.79 Å². The highest BCUT2D eigenvalue weighted by Gasteiger charge is 1.97. The molecule has 82 valence electrons. The van der Waals surface area contributed by atoms with E-state index in [0.717, 1.165) is 5.56 Å². The number of hydrogen-bond donors (Lipinski definition) is 2. The van der Waals surface area contributed by atoms with Gasteiger partial charge in [-0.2, -0.15) is 0 Å². The number of nitrogens with two attached hydrogens (primary N) is 1. The van der Waals surface area contributed by atoms with Crippen LogP contribution < -0.4 is 15.8 Å². The zero-order valence-electron chi connectivity index (χ0n) is 8.69. The van der Waals surface area contributed by atoms with Crippen LogP contribution in [0.1, 0.15) is 12.0 Å². The van der Waals surface area contributed by atoms with Crippen LogP contribution in [-0.2, 0) is 11.3 Å². The third-order valence-electron chi connectivity index (χ3n) is 1.89. The fourth-order valence-corrected chi connectivity index (χ4v) is 1.12. The minimum absolute atomic E-state index is 0.296. The molecule has 1 heterocycles. The van der Waals surface area contributed by atoms with Crippen LogP contribution in [0, 0.1) is 0 Å². The lowest BCUT2D eigenvalue weighted by Crippen LogP contribution is -2.21. The van der Waals surface area contributed by atoms with E-state index < -0.39 is 0 Å². The Bertz CT molecular complexity index is 328. The summed E-state index contributed by atoms with van der Waals surface area (Å²) >= 11 is 0. The number of rotatable bonds is 6. The summed E-state index contributed by atoms with van der Waals surface area (Å²) in [7, 11) is 1.58. The molecule has 0 fully saturated rings. The predicted molar refractivity (Wildman–Crippen MR) is 56.3 cm³/mol. The maximum Gasteiger partial charge on any atom is 0.218 e. The summed E-state index contributed by atoms with van der Waals surface area (Å²) in [6, 6.07) is 3.73. The van der Waals surface area contributed by atoms with E-state index in [0.29, 0.717) is 25.4 Å². The summed E-state index contributed by atoms with van der Waals surface area (Å²) < 4.78 is 4.99. The second-order valence-corrected chi connectivity index (χ2v) is 3.10. The third-order valence-corrected chi connectivity index (χ3v) is 1.89. The van der Waals surface area contributed by atoms with Gasteiger partial charge in [0.15, 0.2) is 0 Å². The molecule has 0 saturated carbocycles. The van der Waals surface area contributed by atoms with Gasteiger partial charge in [0.25, 0.3) is 0 Å². The number of pyridine rings is 1. The van der Waals surface area contributed by atoms with Gasteiger partial charge in [-0.1, -0.05) is 0 Å². The van der Waals surface area contributed by atoms with Crippen LogP contribution in [0.15, 0.2) is 18.3 Å². The van der Waals surface area contributed by atoms with Gasteiger partial charge < -0.3 is 15.8 Å². The molecule has 3 N–H and O–H groups in total. The highest BCUT2D eigenvalue weighted by molar-refractivity contribution is 5.73. The zero-order valence-corrected chi connectivity index (χ0v) is 8.69. The Balaban J connectivity index is 2.33. The highest BCUT2D eigenvalue weighted by Crippen LogP contribution is 2.07. The number of amides is 1. The Labute approximate surface area is 88.6 Å². The number of carbonyl (C=O) groups excluding carboxylic acids is 1. The minimum Gasteiger partial charge on any atom is -0.481 e. The molecule has 1 aromatic heterocycles. The lowest BCUT2D eigenvalue weighted by atomic mass is 10.2. The van der Waals surface area contributed by atoms with E-state index in [-0.39, 0.29) is 5.91 Å². The van der Waals surface area contributed by atoms with Crippen molar-refractivity contribution in [3.63, 3.8) is 0 Å². The number of hydrogen-bond acceptors (Lipinski definition) is 4. The topological polar surface area (TPSA) is 77.2 Å². The molecule has 1 aromatic rings. The smallest absolute Gasteiger partial charge is 0.218 e. The fraction of sp³-hybridized carbons (Fsp3) is 0.400. The van der Waals surface area contributed by atoms with Crippen LogP contribution in [0.5, 0.6) is 5.88 Å². The van der Waals surface area contributed by atoms with Crippen molar-refractivity contribution in [2.24, 2.45) is 5.73 Å². The summed E-state index contributed by atoms with van der Waals surface area (Å²) in [5.74, 6) is 0.291. The van der Waals surface area contributed by atoms with Crippen molar-refractivity contribution in [1.29, 1.82) is 0 Å². The van der Waals surface area contributed by atoms with Gasteiger partial charge in [-0.3, -0.25) is 4.79 Å². The SMILES string of the molecule is COc1cc(CNCCC(N)=O)ccn1. The van der Waals surface area contributed by atoms with Crippen molar-refractivity contribution < 1.29 is 9.53 Å². The standard InChI is InChI=1S/C10H15N3O2/c1-15-10-6-8(2-5-13-10)7-12-4-3-9(11)14/h2,5-6,12H,3-4,7H2,1H3,(H2,11,14). The molecular formula is C10H15N3O2. The summed E-state index contributed by atoms with van der Waals surface area (Å²) in [5, 5.41) is 3.10. The Morgan fingerprint density at radius 1 is 1.67 bits per heavy atom. The lowest BCUT2D eigenvalue weighted by molar-refractivity contribution is -0.117. The van der Waals surface area contributed by atoms with Gasteiger partial charge in [0.05, 0.1) is 7.11 Å². The second kappa shape index (κ2) is 5.98. The Kier molecular flexibility index (Phi) is 4.56. The van der Waals surface area contributed by atoms with Gasteiger partial charge in [-0.15, -0.1) is 0 Å². The maximum absolute atomic E-state index is 10.5. The number of nitrogens with zero attached hydrogens (tertiary/aromatic N) is 1. The third kappa shape index (κ3) is 4.42. The number of aromatic nitrogens is 1. The molecule has 1 amide bonds. The lowest BCUT2D eigenvalue weighted by Gasteiger charge is -2.04. The van der Waals surface area contributed by atoms with Crippen molar-refractivity contribution in [3.05, 3.63) is 23.9 Å². The van der Waals surface area contributed by atoms with E-state index in [4.69, 9.17) is 10.5 Å². The first-order chi connectivity index (χ1) is 7.22. The summed E-state index contributed by atoms with van der Waals surface area (Å²) in [4.78, 5) is 14.5. The largest absolute Gasteiger partial charge is 0.481 e. The average Bonchev–Trinajstić information content (AvgIpc) is 2.24. The molecule has 5 heteroatoms. The zero-order chi connectivity index (χ0) is 11.1. The average molecular weight is 209 g/mol. The molecule has 5 nitrogen and oxygen atoms in total. The Morgan fingerprint density at radius 2 is 2.47 bits per heavy atom. The van der Waals surface area contributed by atoms with Crippen LogP contribution in [0.25, 0.3) is 0 Å². The van der Waals surface area contributed by atoms with Gasteiger partial charge in [0, 0.05) is 31.8 Å². The monoisotopic (exact) mass is 209 g/mol. The Morgan fingerprint density at radius 3 is 3.13 bits per heavy atom. The van der Waals surface area contributed by atoms with Gasteiger partial charge in [-0.05, 0) is 11.6 Å². The quantitative estimate of drug-likeness (QED) is 0.649. The van der Waals surface area contributed by atoms with E-state index in [1.807, 2.05) is 12.1 Å². The fourth-order valence-electron chi connectivity index (χ4n) is 1.12. The molecule has 1 rings (SSSR count). The van der Waals surface area contributed by atoms with E-state index >= 15 is 0 Å². The second-order valence-electron chi connectivity index (χ2n) is 3.10.